The Labute approximate surface area is 214 Å². The van der Waals surface area contributed by atoms with Crippen molar-refractivity contribution in [2.45, 2.75) is 111 Å². The summed E-state index contributed by atoms with van der Waals surface area (Å²) in [4.78, 5) is 12.9. The fourth-order valence-electron chi connectivity index (χ4n) is 9.88. The van der Waals surface area contributed by atoms with Gasteiger partial charge in [0, 0.05) is 12.3 Å². The van der Waals surface area contributed by atoms with Crippen molar-refractivity contribution in [2.75, 3.05) is 6.61 Å². The van der Waals surface area contributed by atoms with E-state index in [1.54, 1.807) is 6.26 Å². The molecule has 4 saturated carbocycles. The molecule has 1 heterocycles. The minimum absolute atomic E-state index is 0.0705. The number of ketones is 1. The van der Waals surface area contributed by atoms with Gasteiger partial charge in [0.05, 0.1) is 12.9 Å². The van der Waals surface area contributed by atoms with Crippen LogP contribution in [0.2, 0.25) is 0 Å². The van der Waals surface area contributed by atoms with E-state index in [4.69, 9.17) is 9.47 Å². The first-order chi connectivity index (χ1) is 16.8. The predicted octanol–water partition coefficient (Wildman–Crippen LogP) is 8.10. The van der Waals surface area contributed by atoms with Gasteiger partial charge in [0.25, 0.3) is 0 Å². The summed E-state index contributed by atoms with van der Waals surface area (Å²) in [6.45, 7) is 10.2. The molecule has 0 N–H and O–H groups in total. The van der Waals surface area contributed by atoms with E-state index < -0.39 is 0 Å². The van der Waals surface area contributed by atoms with Crippen molar-refractivity contribution < 1.29 is 14.3 Å². The molecule has 0 aromatic heterocycles. The summed E-state index contributed by atoms with van der Waals surface area (Å²) in [5.41, 5.74) is 1.12. The molecule has 0 bridgehead atoms. The topological polar surface area (TPSA) is 35.5 Å². The van der Waals surface area contributed by atoms with Gasteiger partial charge in [-0.05, 0) is 116 Å². The van der Waals surface area contributed by atoms with Gasteiger partial charge in [-0.15, -0.1) is 0 Å². The van der Waals surface area contributed by atoms with Gasteiger partial charge < -0.3 is 9.47 Å². The lowest BCUT2D eigenvalue weighted by atomic mass is 9.44. The van der Waals surface area contributed by atoms with Crippen LogP contribution in [0.25, 0.3) is 0 Å². The number of Topliss-reactive ketones (excluding diaryl/α,β-unsaturated/α-hetero) is 1. The van der Waals surface area contributed by atoms with E-state index in [9.17, 15) is 4.79 Å². The summed E-state index contributed by atoms with van der Waals surface area (Å²) in [5, 5.41) is 0. The molecule has 0 spiro atoms. The highest BCUT2D eigenvalue weighted by molar-refractivity contribution is 5.80. The van der Waals surface area contributed by atoms with Crippen molar-refractivity contribution in [1.29, 1.82) is 0 Å². The van der Waals surface area contributed by atoms with Gasteiger partial charge in [-0.1, -0.05) is 46.6 Å². The molecule has 10 atom stereocenters. The second-order valence-electron chi connectivity index (χ2n) is 13.6. The summed E-state index contributed by atoms with van der Waals surface area (Å²) in [6.07, 6.45) is 23.3. The second-order valence-corrected chi connectivity index (χ2v) is 13.6. The first-order valence-corrected chi connectivity index (χ1v) is 15.0. The van der Waals surface area contributed by atoms with E-state index in [-0.39, 0.29) is 12.2 Å². The minimum Gasteiger partial charge on any atom is -0.469 e. The third-order valence-electron chi connectivity index (χ3n) is 11.9. The highest BCUT2D eigenvalue weighted by atomic mass is 16.7. The standard InChI is InChI=1S/C32H50O3/c1-22(11-16-29(33)23(2)21-35-30-10-6-8-20-34-30)26-14-15-27-25-13-12-24-9-5-7-18-31(24,3)28(25)17-19-32(26,27)4/h6,8,10,20,22-28,30H,5,7,9,11-19,21H2,1-4H3/t22-,23?,24?,25+,26-,27+,28+,30?,31+,32-/m1/s1. The van der Waals surface area contributed by atoms with Crippen molar-refractivity contribution in [2.24, 2.45) is 52.3 Å². The van der Waals surface area contributed by atoms with Crippen LogP contribution in [0, 0.1) is 52.3 Å². The molecule has 0 radical (unpaired) electrons. The van der Waals surface area contributed by atoms with Crippen LogP contribution in [-0.2, 0) is 14.3 Å². The van der Waals surface area contributed by atoms with Gasteiger partial charge in [-0.25, -0.2) is 0 Å². The largest absolute Gasteiger partial charge is 0.469 e. The Balaban J connectivity index is 1.15. The molecule has 5 aliphatic rings. The van der Waals surface area contributed by atoms with Crippen LogP contribution in [0.4, 0.5) is 0 Å². The number of rotatable bonds is 8. The number of carbonyl (C=O) groups is 1. The molecule has 0 saturated heterocycles. The van der Waals surface area contributed by atoms with Crippen LogP contribution >= 0.6 is 0 Å². The molecular formula is C32H50O3. The zero-order valence-corrected chi connectivity index (χ0v) is 22.8. The Kier molecular flexibility index (Phi) is 7.55. The highest BCUT2D eigenvalue weighted by Crippen LogP contribution is 2.68. The molecule has 4 fully saturated rings. The van der Waals surface area contributed by atoms with Gasteiger partial charge in [-0.2, -0.15) is 0 Å². The zero-order chi connectivity index (χ0) is 24.6. The van der Waals surface area contributed by atoms with Crippen molar-refractivity contribution in [1.82, 2.24) is 0 Å². The highest BCUT2D eigenvalue weighted by Gasteiger charge is 2.60. The Morgan fingerprint density at radius 2 is 1.80 bits per heavy atom. The Bertz CT molecular complexity index is 816. The van der Waals surface area contributed by atoms with E-state index in [0.29, 0.717) is 35.6 Å². The monoisotopic (exact) mass is 482 g/mol. The van der Waals surface area contributed by atoms with Gasteiger partial charge in [0.2, 0.25) is 6.29 Å². The molecule has 196 valence electrons. The van der Waals surface area contributed by atoms with Gasteiger partial charge >= 0.3 is 0 Å². The molecule has 0 aromatic rings. The summed E-state index contributed by atoms with van der Waals surface area (Å²) in [6, 6.07) is 0. The first kappa shape index (κ1) is 25.6. The van der Waals surface area contributed by atoms with Gasteiger partial charge in [0.15, 0.2) is 0 Å². The quantitative estimate of drug-likeness (QED) is 0.350. The minimum atomic E-state index is -0.356. The molecule has 3 unspecified atom stereocenters. The van der Waals surface area contributed by atoms with E-state index in [2.05, 4.69) is 20.8 Å². The van der Waals surface area contributed by atoms with Gasteiger partial charge in [-0.3, -0.25) is 4.79 Å². The lowest BCUT2D eigenvalue weighted by Crippen LogP contribution is -2.53. The maximum atomic E-state index is 12.9. The van der Waals surface area contributed by atoms with E-state index in [0.717, 1.165) is 36.0 Å². The van der Waals surface area contributed by atoms with Crippen molar-refractivity contribution in [3.8, 4) is 0 Å². The predicted molar refractivity (Wildman–Crippen MR) is 142 cm³/mol. The Hall–Kier alpha value is -1.09. The lowest BCUT2D eigenvalue weighted by Gasteiger charge is -2.61. The summed E-state index contributed by atoms with van der Waals surface area (Å²) >= 11 is 0. The SMILES string of the molecule is CC(COC1C=CC=CO1)C(=O)CC[C@@H](C)[C@H]1CC[C@H]2[C@@H]3CCC4CCCC[C@]4(C)[C@H]3CC[C@]12C. The van der Waals surface area contributed by atoms with Crippen LogP contribution in [0.15, 0.2) is 24.5 Å². The zero-order valence-electron chi connectivity index (χ0n) is 22.8. The van der Waals surface area contributed by atoms with Crippen LogP contribution < -0.4 is 0 Å². The molecule has 0 amide bonds. The molecule has 4 aliphatic carbocycles. The summed E-state index contributed by atoms with van der Waals surface area (Å²) in [7, 11) is 0. The average molecular weight is 483 g/mol. The van der Waals surface area contributed by atoms with Crippen LogP contribution in [0.1, 0.15) is 105 Å². The number of carbonyl (C=O) groups excluding carboxylic acids is 1. The van der Waals surface area contributed by atoms with Crippen LogP contribution in [0.3, 0.4) is 0 Å². The van der Waals surface area contributed by atoms with Crippen LogP contribution in [-0.4, -0.2) is 18.7 Å². The molecule has 3 heteroatoms. The second kappa shape index (κ2) is 10.3. The van der Waals surface area contributed by atoms with Crippen molar-refractivity contribution in [3.63, 3.8) is 0 Å². The molecule has 35 heavy (non-hydrogen) atoms. The maximum absolute atomic E-state index is 12.9. The first-order valence-electron chi connectivity index (χ1n) is 15.0. The molecule has 5 rings (SSSR count). The molecular weight excluding hydrogens is 432 g/mol. The van der Waals surface area contributed by atoms with Gasteiger partial charge in [0.1, 0.15) is 5.78 Å². The van der Waals surface area contributed by atoms with E-state index in [1.165, 1.54) is 64.2 Å². The fraction of sp³-hybridized carbons (Fsp3) is 0.844. The number of fused-ring (bicyclic) bond motifs is 5. The van der Waals surface area contributed by atoms with E-state index >= 15 is 0 Å². The average Bonchev–Trinajstić information content (AvgIpc) is 3.23. The Morgan fingerprint density at radius 3 is 2.60 bits per heavy atom. The summed E-state index contributed by atoms with van der Waals surface area (Å²) < 4.78 is 11.2. The maximum Gasteiger partial charge on any atom is 0.219 e. The number of allylic oxidation sites excluding steroid dienone is 2. The Morgan fingerprint density at radius 1 is 0.971 bits per heavy atom. The summed E-state index contributed by atoms with van der Waals surface area (Å²) in [5.74, 6) is 5.58. The van der Waals surface area contributed by atoms with Crippen molar-refractivity contribution in [3.05, 3.63) is 24.5 Å². The third kappa shape index (κ3) is 4.80. The van der Waals surface area contributed by atoms with E-state index in [1.807, 2.05) is 25.2 Å². The number of hydrogen-bond donors (Lipinski definition) is 0. The number of ether oxygens (including phenoxy) is 2. The lowest BCUT2D eigenvalue weighted by molar-refractivity contribution is -0.130. The smallest absolute Gasteiger partial charge is 0.219 e. The third-order valence-corrected chi connectivity index (χ3v) is 11.9. The van der Waals surface area contributed by atoms with Crippen molar-refractivity contribution >= 4 is 5.78 Å². The molecule has 3 nitrogen and oxygen atoms in total. The normalized spacial score (nSPS) is 44.0. The molecule has 1 aliphatic heterocycles. The fourth-order valence-corrected chi connectivity index (χ4v) is 9.88. The number of hydrogen-bond acceptors (Lipinski definition) is 3. The van der Waals surface area contributed by atoms with Crippen LogP contribution in [0.5, 0.6) is 0 Å². The molecule has 0 aromatic carbocycles.